The Bertz CT molecular complexity index is 1630. The summed E-state index contributed by atoms with van der Waals surface area (Å²) < 4.78 is 78.1. The number of hydrogen-bond donors (Lipinski definition) is 1. The van der Waals surface area contributed by atoms with E-state index in [1.807, 2.05) is 19.1 Å². The molecule has 1 fully saturated rings. The van der Waals surface area contributed by atoms with Gasteiger partial charge in [-0.1, -0.05) is 20.8 Å². The van der Waals surface area contributed by atoms with Crippen molar-refractivity contribution in [2.45, 2.75) is 52.6 Å². The fourth-order valence-corrected chi connectivity index (χ4v) is 5.70. The van der Waals surface area contributed by atoms with Gasteiger partial charge in [-0.05, 0) is 82.2 Å². The molecule has 0 radical (unpaired) electrons. The first-order valence-corrected chi connectivity index (χ1v) is 16.7. The lowest BCUT2D eigenvalue weighted by Gasteiger charge is -2.17. The largest absolute Gasteiger partial charge is 0.493 e. The first kappa shape index (κ1) is 35.3. The lowest BCUT2D eigenvalue weighted by molar-refractivity contribution is -0.140. The van der Waals surface area contributed by atoms with Crippen molar-refractivity contribution in [1.29, 1.82) is 0 Å². The number of hydrogen-bond acceptors (Lipinski definition) is 7. The molecule has 5 rings (SSSR count). The SMILES string of the molecule is CCCOc1cc(OCCCN(CC)CC)cc2[nH]c(-c3ccc(Oc4ccc(F)c(C(F)(F)F)c4)cc3OCCN3CCCC3)nc12. The second kappa shape index (κ2) is 16.4. The Kier molecular flexibility index (Phi) is 12.0. The third-order valence-corrected chi connectivity index (χ3v) is 8.32. The summed E-state index contributed by atoms with van der Waals surface area (Å²) in [5.41, 5.74) is 0.613. The molecule has 1 N–H and O–H groups in total. The van der Waals surface area contributed by atoms with Crippen molar-refractivity contribution in [3.63, 3.8) is 0 Å². The number of halogens is 4. The molecule has 0 spiro atoms. The number of rotatable bonds is 17. The molecule has 0 aliphatic carbocycles. The number of alkyl halides is 3. The van der Waals surface area contributed by atoms with Gasteiger partial charge in [-0.2, -0.15) is 13.2 Å². The number of ether oxygens (including phenoxy) is 4. The van der Waals surface area contributed by atoms with Crippen LogP contribution in [0.4, 0.5) is 17.6 Å². The highest BCUT2D eigenvalue weighted by molar-refractivity contribution is 5.87. The average Bonchev–Trinajstić information content (AvgIpc) is 3.75. The third-order valence-electron chi connectivity index (χ3n) is 8.32. The third kappa shape index (κ3) is 9.10. The highest BCUT2D eigenvalue weighted by atomic mass is 19.4. The van der Waals surface area contributed by atoms with Gasteiger partial charge < -0.3 is 28.8 Å². The first-order chi connectivity index (χ1) is 23.2. The summed E-state index contributed by atoms with van der Waals surface area (Å²) in [7, 11) is 0. The fraction of sp³-hybridized carbons (Fsp3) is 0.472. The number of aromatic amines is 1. The van der Waals surface area contributed by atoms with Gasteiger partial charge in [0.25, 0.3) is 0 Å². The maximum atomic E-state index is 13.9. The molecule has 12 heteroatoms. The molecular formula is C36H44F4N4O4. The second-order valence-electron chi connectivity index (χ2n) is 11.8. The van der Waals surface area contributed by atoms with Gasteiger partial charge >= 0.3 is 6.18 Å². The van der Waals surface area contributed by atoms with Crippen LogP contribution in [0.15, 0.2) is 48.5 Å². The Morgan fingerprint density at radius 2 is 1.54 bits per heavy atom. The molecular weight excluding hydrogens is 628 g/mol. The van der Waals surface area contributed by atoms with E-state index in [0.717, 1.165) is 82.6 Å². The van der Waals surface area contributed by atoms with Crippen molar-refractivity contribution in [3.8, 4) is 40.1 Å². The number of H-pyrrole nitrogens is 1. The molecule has 260 valence electrons. The van der Waals surface area contributed by atoms with Gasteiger partial charge in [-0.25, -0.2) is 9.37 Å². The van der Waals surface area contributed by atoms with Crippen LogP contribution in [0.2, 0.25) is 0 Å². The summed E-state index contributed by atoms with van der Waals surface area (Å²) in [6, 6.07) is 11.3. The number of nitrogens with zero attached hydrogens (tertiary/aromatic N) is 3. The van der Waals surface area contributed by atoms with Crippen LogP contribution in [-0.4, -0.2) is 78.9 Å². The van der Waals surface area contributed by atoms with E-state index in [-0.39, 0.29) is 11.5 Å². The molecule has 0 bridgehead atoms. The Labute approximate surface area is 278 Å². The van der Waals surface area contributed by atoms with Crippen LogP contribution in [0.5, 0.6) is 28.7 Å². The predicted molar refractivity (Wildman–Crippen MR) is 178 cm³/mol. The first-order valence-electron chi connectivity index (χ1n) is 16.7. The van der Waals surface area contributed by atoms with E-state index in [1.54, 1.807) is 18.2 Å². The van der Waals surface area contributed by atoms with Crippen LogP contribution in [0.25, 0.3) is 22.4 Å². The molecule has 0 atom stereocenters. The number of likely N-dealkylation sites (tertiary alicyclic amines) is 1. The minimum atomic E-state index is -4.85. The molecule has 0 saturated carbocycles. The minimum Gasteiger partial charge on any atom is -0.493 e. The highest BCUT2D eigenvalue weighted by Crippen LogP contribution is 2.39. The van der Waals surface area contributed by atoms with Gasteiger partial charge in [0.05, 0.1) is 29.9 Å². The molecule has 0 amide bonds. The van der Waals surface area contributed by atoms with Crippen LogP contribution >= 0.6 is 0 Å². The van der Waals surface area contributed by atoms with Crippen molar-refractivity contribution >= 4 is 11.0 Å². The fourth-order valence-electron chi connectivity index (χ4n) is 5.70. The Morgan fingerprint density at radius 1 is 0.833 bits per heavy atom. The Morgan fingerprint density at radius 3 is 2.27 bits per heavy atom. The van der Waals surface area contributed by atoms with E-state index in [9.17, 15) is 17.6 Å². The molecule has 4 aromatic rings. The summed E-state index contributed by atoms with van der Waals surface area (Å²) in [4.78, 5) is 12.9. The van der Waals surface area contributed by atoms with E-state index < -0.39 is 17.6 Å². The zero-order valence-corrected chi connectivity index (χ0v) is 27.8. The van der Waals surface area contributed by atoms with Gasteiger partial charge in [0, 0.05) is 31.3 Å². The lowest BCUT2D eigenvalue weighted by atomic mass is 10.1. The number of benzene rings is 3. The van der Waals surface area contributed by atoms with E-state index in [1.165, 1.54) is 0 Å². The topological polar surface area (TPSA) is 72.1 Å². The molecule has 1 aliphatic heterocycles. The predicted octanol–water partition coefficient (Wildman–Crippen LogP) is 8.55. The standard InChI is InChI=1S/C36H44F4N4O4/c1-4-18-46-33-24-27(45-19-9-16-43(5-2)6-3)22-31-34(33)42-35(41-31)28-12-10-26(23-32(28)47-20-17-44-14-7-8-15-44)48-25-11-13-30(37)29(21-25)36(38,39)40/h10-13,21-24H,4-9,14-20H2,1-3H3,(H,41,42). The van der Waals surface area contributed by atoms with Gasteiger partial charge in [-0.3, -0.25) is 4.90 Å². The zero-order valence-electron chi connectivity index (χ0n) is 27.8. The maximum absolute atomic E-state index is 13.9. The monoisotopic (exact) mass is 672 g/mol. The van der Waals surface area contributed by atoms with Crippen molar-refractivity contribution in [2.24, 2.45) is 0 Å². The molecule has 48 heavy (non-hydrogen) atoms. The van der Waals surface area contributed by atoms with E-state index in [0.29, 0.717) is 60.0 Å². The Hall–Kier alpha value is -4.03. The normalized spacial score (nSPS) is 13.8. The Balaban J connectivity index is 1.43. The van der Waals surface area contributed by atoms with Gasteiger partial charge in [0.2, 0.25) is 0 Å². The summed E-state index contributed by atoms with van der Waals surface area (Å²) in [6.45, 7) is 13.5. The van der Waals surface area contributed by atoms with Crippen LogP contribution < -0.4 is 18.9 Å². The number of nitrogens with one attached hydrogen (secondary N) is 1. The van der Waals surface area contributed by atoms with Crippen molar-refractivity contribution in [2.75, 3.05) is 59.1 Å². The van der Waals surface area contributed by atoms with Crippen molar-refractivity contribution < 1.29 is 36.5 Å². The van der Waals surface area contributed by atoms with E-state index >= 15 is 0 Å². The van der Waals surface area contributed by atoms with Gasteiger partial charge in [0.1, 0.15) is 46.8 Å². The highest BCUT2D eigenvalue weighted by Gasteiger charge is 2.34. The summed E-state index contributed by atoms with van der Waals surface area (Å²) >= 11 is 0. The summed E-state index contributed by atoms with van der Waals surface area (Å²) in [6.07, 6.45) is -0.845. The van der Waals surface area contributed by atoms with Gasteiger partial charge in [0.15, 0.2) is 5.75 Å². The van der Waals surface area contributed by atoms with E-state index in [2.05, 4.69) is 28.6 Å². The van der Waals surface area contributed by atoms with Crippen molar-refractivity contribution in [3.05, 3.63) is 59.9 Å². The van der Waals surface area contributed by atoms with Gasteiger partial charge in [-0.15, -0.1) is 0 Å². The molecule has 3 aromatic carbocycles. The minimum absolute atomic E-state index is 0.148. The van der Waals surface area contributed by atoms with Crippen LogP contribution in [-0.2, 0) is 6.18 Å². The van der Waals surface area contributed by atoms with E-state index in [4.69, 9.17) is 23.9 Å². The lowest BCUT2D eigenvalue weighted by Crippen LogP contribution is -2.25. The van der Waals surface area contributed by atoms with Crippen LogP contribution in [0, 0.1) is 5.82 Å². The van der Waals surface area contributed by atoms with Crippen LogP contribution in [0.1, 0.15) is 52.0 Å². The molecule has 1 aliphatic rings. The average molecular weight is 673 g/mol. The van der Waals surface area contributed by atoms with Crippen LogP contribution in [0.3, 0.4) is 0 Å². The molecule has 2 heterocycles. The zero-order chi connectivity index (χ0) is 34.1. The molecule has 8 nitrogen and oxygen atoms in total. The number of fused-ring (bicyclic) bond motifs is 1. The number of imidazole rings is 1. The molecule has 0 unspecified atom stereocenters. The second-order valence-corrected chi connectivity index (χ2v) is 11.8. The number of aromatic nitrogens is 2. The summed E-state index contributed by atoms with van der Waals surface area (Å²) in [5.74, 6) is 0.956. The molecule has 1 aromatic heterocycles. The quantitative estimate of drug-likeness (QED) is 0.0891. The molecule has 1 saturated heterocycles. The van der Waals surface area contributed by atoms with Crippen molar-refractivity contribution in [1.82, 2.24) is 19.8 Å². The summed E-state index contributed by atoms with van der Waals surface area (Å²) in [5, 5.41) is 0. The maximum Gasteiger partial charge on any atom is 0.419 e. The smallest absolute Gasteiger partial charge is 0.419 e.